The Hall–Kier alpha value is -1.49. The maximum atomic E-state index is 11.5. The van der Waals surface area contributed by atoms with Crippen molar-refractivity contribution in [2.24, 2.45) is 5.41 Å². The Balaban J connectivity index is 2.59. The van der Waals surface area contributed by atoms with Gasteiger partial charge in [0.15, 0.2) is 0 Å². The van der Waals surface area contributed by atoms with E-state index < -0.39 is 5.41 Å². The van der Waals surface area contributed by atoms with E-state index in [0.29, 0.717) is 5.75 Å². The summed E-state index contributed by atoms with van der Waals surface area (Å²) in [5.41, 5.74) is 0.250. The molecule has 0 fully saturated rings. The molecular formula is C14H19NO3S. The highest BCUT2D eigenvalue weighted by molar-refractivity contribution is 7.99. The number of esters is 1. The summed E-state index contributed by atoms with van der Waals surface area (Å²) in [4.78, 5) is 23.5. The Labute approximate surface area is 117 Å². The summed E-state index contributed by atoms with van der Waals surface area (Å²) in [5, 5.41) is 2.71. The average molecular weight is 281 g/mol. The minimum absolute atomic E-state index is 0.0905. The van der Waals surface area contributed by atoms with Crippen LogP contribution < -0.4 is 5.32 Å². The van der Waals surface area contributed by atoms with E-state index in [1.165, 1.54) is 14.0 Å². The van der Waals surface area contributed by atoms with Gasteiger partial charge >= 0.3 is 5.97 Å². The molecule has 19 heavy (non-hydrogen) atoms. The molecule has 0 saturated heterocycles. The van der Waals surface area contributed by atoms with Gasteiger partial charge in [-0.3, -0.25) is 9.59 Å². The number of thioether (sulfide) groups is 1. The lowest BCUT2D eigenvalue weighted by Gasteiger charge is -2.20. The van der Waals surface area contributed by atoms with Gasteiger partial charge in [-0.2, -0.15) is 0 Å². The summed E-state index contributed by atoms with van der Waals surface area (Å²) in [6.45, 7) is 5.19. The van der Waals surface area contributed by atoms with Gasteiger partial charge in [0.05, 0.1) is 12.5 Å². The van der Waals surface area contributed by atoms with Gasteiger partial charge in [-0.05, 0) is 38.1 Å². The van der Waals surface area contributed by atoms with Crippen molar-refractivity contribution in [3.05, 3.63) is 24.3 Å². The van der Waals surface area contributed by atoms with E-state index in [4.69, 9.17) is 4.74 Å². The molecule has 0 aromatic heterocycles. The van der Waals surface area contributed by atoms with Gasteiger partial charge in [0.1, 0.15) is 0 Å². The number of carbonyl (C=O) groups excluding carboxylic acids is 2. The molecule has 104 valence electrons. The monoisotopic (exact) mass is 281 g/mol. The summed E-state index contributed by atoms with van der Waals surface area (Å²) in [6, 6.07) is 7.52. The molecule has 1 N–H and O–H groups in total. The molecule has 1 amide bonds. The quantitative estimate of drug-likeness (QED) is 0.666. The first-order valence-corrected chi connectivity index (χ1v) is 6.92. The number of rotatable bonds is 5. The van der Waals surface area contributed by atoms with Crippen molar-refractivity contribution < 1.29 is 14.3 Å². The molecule has 1 aromatic carbocycles. The van der Waals surface area contributed by atoms with Crippen LogP contribution in [0.15, 0.2) is 29.2 Å². The number of hydrogen-bond donors (Lipinski definition) is 1. The number of hydrogen-bond acceptors (Lipinski definition) is 4. The number of benzene rings is 1. The Kier molecular flexibility index (Phi) is 5.42. The van der Waals surface area contributed by atoms with Gasteiger partial charge in [0.2, 0.25) is 5.91 Å². The van der Waals surface area contributed by atoms with E-state index in [-0.39, 0.29) is 11.9 Å². The van der Waals surface area contributed by atoms with E-state index in [9.17, 15) is 9.59 Å². The number of nitrogens with one attached hydrogen (secondary N) is 1. The van der Waals surface area contributed by atoms with E-state index in [0.717, 1.165) is 10.6 Å². The molecule has 4 nitrogen and oxygen atoms in total. The van der Waals surface area contributed by atoms with E-state index >= 15 is 0 Å². The molecule has 0 spiro atoms. The number of amides is 1. The van der Waals surface area contributed by atoms with Crippen molar-refractivity contribution in [2.75, 3.05) is 18.2 Å². The summed E-state index contributed by atoms with van der Waals surface area (Å²) in [7, 11) is 1.40. The predicted molar refractivity (Wildman–Crippen MR) is 77.3 cm³/mol. The van der Waals surface area contributed by atoms with Crippen LogP contribution in [0.3, 0.4) is 0 Å². The van der Waals surface area contributed by atoms with Crippen LogP contribution >= 0.6 is 11.8 Å². The van der Waals surface area contributed by atoms with Crippen LogP contribution in [0.1, 0.15) is 20.8 Å². The second-order valence-electron chi connectivity index (χ2n) is 4.87. The molecule has 0 atom stereocenters. The van der Waals surface area contributed by atoms with Gasteiger partial charge in [0, 0.05) is 23.3 Å². The summed E-state index contributed by atoms with van der Waals surface area (Å²) < 4.78 is 4.77. The molecule has 0 radical (unpaired) electrons. The van der Waals surface area contributed by atoms with Gasteiger partial charge in [-0.25, -0.2) is 0 Å². The molecule has 0 aliphatic carbocycles. The lowest BCUT2D eigenvalue weighted by Crippen LogP contribution is -2.28. The van der Waals surface area contributed by atoms with Crippen LogP contribution in [0, 0.1) is 5.41 Å². The van der Waals surface area contributed by atoms with Gasteiger partial charge in [0.25, 0.3) is 0 Å². The highest BCUT2D eigenvalue weighted by Crippen LogP contribution is 2.29. The molecule has 0 bridgehead atoms. The number of ether oxygens (including phenoxy) is 1. The first-order chi connectivity index (χ1) is 8.85. The summed E-state index contributed by atoms with van der Waals surface area (Å²) in [5.74, 6) is 0.334. The smallest absolute Gasteiger partial charge is 0.312 e. The van der Waals surface area contributed by atoms with Crippen molar-refractivity contribution in [3.63, 3.8) is 0 Å². The molecular weight excluding hydrogens is 262 g/mol. The molecule has 0 saturated carbocycles. The van der Waals surface area contributed by atoms with E-state index in [1.807, 2.05) is 38.1 Å². The van der Waals surface area contributed by atoms with Crippen molar-refractivity contribution >= 4 is 29.3 Å². The van der Waals surface area contributed by atoms with E-state index in [2.05, 4.69) is 5.32 Å². The molecule has 0 aliphatic heterocycles. The van der Waals surface area contributed by atoms with E-state index in [1.54, 1.807) is 11.8 Å². The van der Waals surface area contributed by atoms with Crippen LogP contribution in [0.4, 0.5) is 5.69 Å². The van der Waals surface area contributed by atoms with Crippen LogP contribution in [-0.4, -0.2) is 24.7 Å². The molecule has 0 unspecified atom stereocenters. The molecule has 5 heteroatoms. The van der Waals surface area contributed by atoms with Crippen LogP contribution in [0.25, 0.3) is 0 Å². The highest BCUT2D eigenvalue weighted by Gasteiger charge is 2.28. The van der Waals surface area contributed by atoms with Crippen LogP contribution in [-0.2, 0) is 14.3 Å². The Bertz CT molecular complexity index is 454. The summed E-state index contributed by atoms with van der Waals surface area (Å²) >= 11 is 1.59. The molecule has 0 heterocycles. The maximum absolute atomic E-state index is 11.5. The molecule has 1 aromatic rings. The fourth-order valence-electron chi connectivity index (χ4n) is 1.44. The minimum atomic E-state index is -0.518. The van der Waals surface area contributed by atoms with Crippen molar-refractivity contribution in [3.8, 4) is 0 Å². The number of anilines is 1. The summed E-state index contributed by atoms with van der Waals surface area (Å²) in [6.07, 6.45) is 0. The topological polar surface area (TPSA) is 55.4 Å². The zero-order valence-electron chi connectivity index (χ0n) is 11.6. The second kappa shape index (κ2) is 6.61. The molecule has 0 aliphatic rings. The highest BCUT2D eigenvalue weighted by atomic mass is 32.2. The van der Waals surface area contributed by atoms with Crippen molar-refractivity contribution in [2.45, 2.75) is 25.7 Å². The minimum Gasteiger partial charge on any atom is -0.469 e. The SMILES string of the molecule is COC(=O)C(C)(C)CSc1ccc(NC(C)=O)cc1. The standard InChI is InChI=1S/C14H19NO3S/c1-10(16)15-11-5-7-12(8-6-11)19-9-14(2,3)13(17)18-4/h5-8H,9H2,1-4H3,(H,15,16). The Morgan fingerprint density at radius 2 is 1.84 bits per heavy atom. The first kappa shape index (κ1) is 15.6. The second-order valence-corrected chi connectivity index (χ2v) is 5.92. The predicted octanol–water partition coefficient (Wildman–Crippen LogP) is 2.94. The third-order valence-electron chi connectivity index (χ3n) is 2.51. The zero-order chi connectivity index (χ0) is 14.5. The lowest BCUT2D eigenvalue weighted by molar-refractivity contribution is -0.149. The van der Waals surface area contributed by atoms with Gasteiger partial charge < -0.3 is 10.1 Å². The Morgan fingerprint density at radius 3 is 2.32 bits per heavy atom. The fourth-order valence-corrected chi connectivity index (χ4v) is 2.41. The third kappa shape index (κ3) is 4.95. The Morgan fingerprint density at radius 1 is 1.26 bits per heavy atom. The van der Waals surface area contributed by atoms with Crippen LogP contribution in [0.2, 0.25) is 0 Å². The fraction of sp³-hybridized carbons (Fsp3) is 0.429. The number of carbonyl (C=O) groups is 2. The van der Waals surface area contributed by atoms with Crippen molar-refractivity contribution in [1.29, 1.82) is 0 Å². The molecule has 1 rings (SSSR count). The average Bonchev–Trinajstić information content (AvgIpc) is 2.36. The third-order valence-corrected chi connectivity index (χ3v) is 3.98. The largest absolute Gasteiger partial charge is 0.469 e. The normalized spacial score (nSPS) is 10.9. The van der Waals surface area contributed by atoms with Gasteiger partial charge in [-0.1, -0.05) is 0 Å². The number of methoxy groups -OCH3 is 1. The zero-order valence-corrected chi connectivity index (χ0v) is 12.5. The van der Waals surface area contributed by atoms with Gasteiger partial charge in [-0.15, -0.1) is 11.8 Å². The van der Waals surface area contributed by atoms with Crippen molar-refractivity contribution in [1.82, 2.24) is 0 Å². The lowest BCUT2D eigenvalue weighted by atomic mass is 9.97. The first-order valence-electron chi connectivity index (χ1n) is 5.94. The van der Waals surface area contributed by atoms with Crippen LogP contribution in [0.5, 0.6) is 0 Å². The maximum Gasteiger partial charge on any atom is 0.312 e.